The Balaban J connectivity index is 1.75. The Morgan fingerprint density at radius 3 is 2.75 bits per heavy atom. The Kier molecular flexibility index (Phi) is 3.47. The Morgan fingerprint density at radius 2 is 2.15 bits per heavy atom. The molecule has 0 spiro atoms. The van der Waals surface area contributed by atoms with Crippen LogP contribution in [0.1, 0.15) is 23.7 Å². The first-order chi connectivity index (χ1) is 9.74. The van der Waals surface area contributed by atoms with Crippen molar-refractivity contribution < 1.29 is 0 Å². The van der Waals surface area contributed by atoms with Crippen molar-refractivity contribution in [2.75, 3.05) is 5.32 Å². The van der Waals surface area contributed by atoms with Crippen LogP contribution in [0.2, 0.25) is 0 Å². The maximum atomic E-state index is 4.46. The van der Waals surface area contributed by atoms with E-state index in [4.69, 9.17) is 0 Å². The molecule has 3 heterocycles. The minimum Gasteiger partial charge on any atom is -0.376 e. The van der Waals surface area contributed by atoms with E-state index in [1.807, 2.05) is 47.7 Å². The van der Waals surface area contributed by atoms with Crippen LogP contribution in [0, 0.1) is 6.92 Å². The summed E-state index contributed by atoms with van der Waals surface area (Å²) in [6.07, 6.45) is 7.41. The number of rotatable bonds is 4. The quantitative estimate of drug-likeness (QED) is 0.799. The number of thiazole rings is 1. The lowest BCUT2D eigenvalue weighted by atomic mass is 10.3. The van der Waals surface area contributed by atoms with Crippen LogP contribution < -0.4 is 5.32 Å². The summed E-state index contributed by atoms with van der Waals surface area (Å²) >= 11 is 1.65. The number of nitrogens with one attached hydrogen (secondary N) is 1. The van der Waals surface area contributed by atoms with Crippen LogP contribution in [0.25, 0.3) is 5.82 Å². The molecule has 0 amide bonds. The standard InChI is InChI=1S/C14H15N5S/c1-10(13-8-15-9-20-13)18-12-3-4-14(17-7-12)19-6-5-16-11(19)2/h3-10,18H,1-2H3. The molecule has 0 aliphatic carbocycles. The Morgan fingerprint density at radius 1 is 1.25 bits per heavy atom. The Bertz CT molecular complexity index is 672. The number of hydrogen-bond donors (Lipinski definition) is 1. The monoisotopic (exact) mass is 285 g/mol. The first-order valence-corrected chi connectivity index (χ1v) is 7.23. The van der Waals surface area contributed by atoms with Crippen molar-refractivity contribution in [3.63, 3.8) is 0 Å². The van der Waals surface area contributed by atoms with Crippen molar-refractivity contribution in [3.8, 4) is 5.82 Å². The summed E-state index contributed by atoms with van der Waals surface area (Å²) in [5.74, 6) is 1.80. The summed E-state index contributed by atoms with van der Waals surface area (Å²) in [5, 5.41) is 3.41. The molecule has 3 aromatic rings. The maximum absolute atomic E-state index is 4.46. The summed E-state index contributed by atoms with van der Waals surface area (Å²) in [6.45, 7) is 4.07. The van der Waals surface area contributed by atoms with Crippen LogP contribution in [0.4, 0.5) is 5.69 Å². The summed E-state index contributed by atoms with van der Waals surface area (Å²) < 4.78 is 1.95. The zero-order valence-corrected chi connectivity index (χ0v) is 12.1. The van der Waals surface area contributed by atoms with Gasteiger partial charge in [-0.15, -0.1) is 11.3 Å². The highest BCUT2D eigenvalue weighted by Gasteiger charge is 2.07. The maximum Gasteiger partial charge on any atom is 0.138 e. The van der Waals surface area contributed by atoms with Gasteiger partial charge in [-0.3, -0.25) is 9.55 Å². The average Bonchev–Trinajstić information content (AvgIpc) is 3.11. The number of imidazole rings is 1. The van der Waals surface area contributed by atoms with E-state index >= 15 is 0 Å². The molecule has 3 rings (SSSR count). The van der Waals surface area contributed by atoms with Gasteiger partial charge >= 0.3 is 0 Å². The van der Waals surface area contributed by atoms with Crippen molar-refractivity contribution in [2.45, 2.75) is 19.9 Å². The van der Waals surface area contributed by atoms with Crippen LogP contribution in [-0.2, 0) is 0 Å². The van der Waals surface area contributed by atoms with E-state index < -0.39 is 0 Å². The van der Waals surface area contributed by atoms with Gasteiger partial charge in [0.25, 0.3) is 0 Å². The van der Waals surface area contributed by atoms with E-state index in [-0.39, 0.29) is 6.04 Å². The third-order valence-electron chi connectivity index (χ3n) is 3.08. The minimum atomic E-state index is 0.227. The Hall–Kier alpha value is -2.21. The van der Waals surface area contributed by atoms with Gasteiger partial charge in [-0.2, -0.15) is 0 Å². The number of anilines is 1. The predicted octanol–water partition coefficient (Wildman–Crippen LogP) is 3.21. The first-order valence-electron chi connectivity index (χ1n) is 6.35. The number of aryl methyl sites for hydroxylation is 1. The van der Waals surface area contributed by atoms with Crippen LogP contribution in [-0.4, -0.2) is 19.5 Å². The van der Waals surface area contributed by atoms with Crippen LogP contribution >= 0.6 is 11.3 Å². The van der Waals surface area contributed by atoms with Crippen LogP contribution in [0.15, 0.2) is 42.4 Å². The average molecular weight is 285 g/mol. The van der Waals surface area contributed by atoms with E-state index in [0.717, 1.165) is 17.3 Å². The second-order valence-electron chi connectivity index (χ2n) is 4.52. The highest BCUT2D eigenvalue weighted by atomic mass is 32.1. The zero-order valence-electron chi connectivity index (χ0n) is 11.3. The molecule has 102 valence electrons. The normalized spacial score (nSPS) is 12.3. The zero-order chi connectivity index (χ0) is 13.9. The van der Waals surface area contributed by atoms with Crippen molar-refractivity contribution >= 4 is 17.0 Å². The van der Waals surface area contributed by atoms with Gasteiger partial charge in [0.05, 0.1) is 23.4 Å². The van der Waals surface area contributed by atoms with Gasteiger partial charge in [-0.25, -0.2) is 9.97 Å². The third kappa shape index (κ3) is 2.55. The predicted molar refractivity (Wildman–Crippen MR) is 80.2 cm³/mol. The summed E-state index contributed by atoms with van der Waals surface area (Å²) in [7, 11) is 0. The Labute approximate surface area is 121 Å². The van der Waals surface area contributed by atoms with E-state index in [0.29, 0.717) is 0 Å². The molecule has 0 aliphatic heterocycles. The largest absolute Gasteiger partial charge is 0.376 e. The molecule has 0 saturated carbocycles. The summed E-state index contributed by atoms with van der Waals surface area (Å²) in [4.78, 5) is 14.0. The fourth-order valence-electron chi connectivity index (χ4n) is 1.99. The second-order valence-corrected chi connectivity index (χ2v) is 5.44. The van der Waals surface area contributed by atoms with Gasteiger partial charge in [0, 0.05) is 23.5 Å². The van der Waals surface area contributed by atoms with Crippen molar-refractivity contribution in [2.24, 2.45) is 0 Å². The van der Waals surface area contributed by atoms with Crippen molar-refractivity contribution in [3.05, 3.63) is 53.1 Å². The molecular weight excluding hydrogens is 270 g/mol. The molecule has 1 atom stereocenters. The molecule has 1 unspecified atom stereocenters. The molecule has 6 heteroatoms. The van der Waals surface area contributed by atoms with Crippen LogP contribution in [0.3, 0.4) is 0 Å². The number of hydrogen-bond acceptors (Lipinski definition) is 5. The van der Waals surface area contributed by atoms with E-state index in [9.17, 15) is 0 Å². The molecule has 20 heavy (non-hydrogen) atoms. The molecular formula is C14H15N5S. The third-order valence-corrected chi connectivity index (χ3v) is 4.04. The summed E-state index contributed by atoms with van der Waals surface area (Å²) in [5.41, 5.74) is 2.84. The molecule has 0 radical (unpaired) electrons. The lowest BCUT2D eigenvalue weighted by molar-refractivity contribution is 0.895. The van der Waals surface area contributed by atoms with Gasteiger partial charge in [0.2, 0.25) is 0 Å². The molecule has 0 aromatic carbocycles. The lowest BCUT2D eigenvalue weighted by Gasteiger charge is -2.13. The van der Waals surface area contributed by atoms with E-state index in [2.05, 4.69) is 27.2 Å². The fraction of sp³-hybridized carbons (Fsp3) is 0.214. The molecule has 1 N–H and O–H groups in total. The van der Waals surface area contributed by atoms with Gasteiger partial charge in [0.15, 0.2) is 0 Å². The molecule has 0 fully saturated rings. The highest BCUT2D eigenvalue weighted by molar-refractivity contribution is 7.09. The SMILES string of the molecule is Cc1nccn1-c1ccc(NC(C)c2cncs2)cn1. The van der Waals surface area contributed by atoms with Gasteiger partial charge < -0.3 is 5.32 Å². The van der Waals surface area contributed by atoms with E-state index in [1.165, 1.54) is 4.88 Å². The molecule has 0 bridgehead atoms. The molecule has 5 nitrogen and oxygen atoms in total. The molecule has 0 aliphatic rings. The van der Waals surface area contributed by atoms with E-state index in [1.54, 1.807) is 17.5 Å². The second kappa shape index (κ2) is 5.42. The number of aromatic nitrogens is 4. The van der Waals surface area contributed by atoms with Gasteiger partial charge in [-0.05, 0) is 26.0 Å². The van der Waals surface area contributed by atoms with Crippen LogP contribution in [0.5, 0.6) is 0 Å². The van der Waals surface area contributed by atoms with Crippen molar-refractivity contribution in [1.82, 2.24) is 19.5 Å². The highest BCUT2D eigenvalue weighted by Crippen LogP contribution is 2.21. The summed E-state index contributed by atoms with van der Waals surface area (Å²) in [6, 6.07) is 4.24. The topological polar surface area (TPSA) is 55.6 Å². The molecule has 0 saturated heterocycles. The van der Waals surface area contributed by atoms with Crippen molar-refractivity contribution in [1.29, 1.82) is 0 Å². The fourth-order valence-corrected chi connectivity index (χ4v) is 2.62. The van der Waals surface area contributed by atoms with Gasteiger partial charge in [-0.1, -0.05) is 0 Å². The smallest absolute Gasteiger partial charge is 0.138 e. The van der Waals surface area contributed by atoms with Gasteiger partial charge in [0.1, 0.15) is 11.6 Å². The number of pyridine rings is 1. The number of nitrogens with zero attached hydrogens (tertiary/aromatic N) is 4. The first kappa shape index (κ1) is 12.8. The minimum absolute atomic E-state index is 0.227. The lowest BCUT2D eigenvalue weighted by Crippen LogP contribution is -2.06. The molecule has 3 aromatic heterocycles.